The van der Waals surface area contributed by atoms with Gasteiger partial charge in [0, 0.05) is 24.1 Å². The minimum Gasteiger partial charge on any atom is -0.479 e. The Bertz CT molecular complexity index is 810. The molecule has 1 saturated carbocycles. The van der Waals surface area contributed by atoms with Gasteiger partial charge in [-0.05, 0) is 44.2 Å². The molecule has 23 heavy (non-hydrogen) atoms. The molecule has 3 rings (SSSR count). The van der Waals surface area contributed by atoms with E-state index in [2.05, 4.69) is 5.32 Å². The van der Waals surface area contributed by atoms with E-state index in [1.54, 1.807) is 19.1 Å². The summed E-state index contributed by atoms with van der Waals surface area (Å²) < 4.78 is 10.8. The summed E-state index contributed by atoms with van der Waals surface area (Å²) in [4.78, 5) is 23.5. The number of ether oxygens (including phenoxy) is 1. The lowest BCUT2D eigenvalue weighted by molar-refractivity contribution is -0.127. The van der Waals surface area contributed by atoms with E-state index < -0.39 is 11.7 Å². The van der Waals surface area contributed by atoms with Crippen LogP contribution in [-0.4, -0.2) is 18.6 Å². The summed E-state index contributed by atoms with van der Waals surface area (Å²) in [6, 6.07) is 4.64. The van der Waals surface area contributed by atoms with Gasteiger partial charge in [-0.15, -0.1) is 0 Å². The van der Waals surface area contributed by atoms with E-state index in [9.17, 15) is 9.59 Å². The average molecular weight is 336 g/mol. The van der Waals surface area contributed by atoms with Crippen molar-refractivity contribution in [2.45, 2.75) is 32.8 Å². The van der Waals surface area contributed by atoms with E-state index in [4.69, 9.17) is 20.8 Å². The average Bonchev–Trinajstić information content (AvgIpc) is 3.30. The van der Waals surface area contributed by atoms with Gasteiger partial charge in [0.15, 0.2) is 6.10 Å². The van der Waals surface area contributed by atoms with Crippen LogP contribution in [0, 0.1) is 12.8 Å². The molecular formula is C17H18ClNO4. The molecule has 1 fully saturated rings. The van der Waals surface area contributed by atoms with Gasteiger partial charge >= 0.3 is 5.63 Å². The van der Waals surface area contributed by atoms with Crippen molar-refractivity contribution in [3.8, 4) is 5.75 Å². The Morgan fingerprint density at radius 1 is 1.43 bits per heavy atom. The van der Waals surface area contributed by atoms with Crippen molar-refractivity contribution in [3.05, 3.63) is 39.2 Å². The number of nitrogens with one attached hydrogen (secondary N) is 1. The number of carbonyl (C=O) groups is 1. The standard InChI is InChI=1S/C17H18ClNO4/c1-9-5-16(20)23-14-7-15(13(18)6-12(9)14)22-10(2)17(21)19-8-11-3-4-11/h5-7,10-11H,3-4,8H2,1-2H3,(H,19,21). The van der Waals surface area contributed by atoms with Gasteiger partial charge in [-0.1, -0.05) is 11.6 Å². The van der Waals surface area contributed by atoms with Crippen LogP contribution in [0.2, 0.25) is 5.02 Å². The first-order valence-corrected chi connectivity index (χ1v) is 8.00. The number of hydrogen-bond acceptors (Lipinski definition) is 4. The summed E-state index contributed by atoms with van der Waals surface area (Å²) in [7, 11) is 0. The second-order valence-corrected chi connectivity index (χ2v) is 6.38. The van der Waals surface area contributed by atoms with Crippen LogP contribution in [0.3, 0.4) is 0 Å². The summed E-state index contributed by atoms with van der Waals surface area (Å²) in [5.41, 5.74) is 0.735. The number of amides is 1. The molecule has 0 bridgehead atoms. The lowest BCUT2D eigenvalue weighted by Gasteiger charge is -2.16. The van der Waals surface area contributed by atoms with Crippen molar-refractivity contribution in [2.24, 2.45) is 5.92 Å². The molecule has 0 spiro atoms. The van der Waals surface area contributed by atoms with E-state index >= 15 is 0 Å². The fourth-order valence-corrected chi connectivity index (χ4v) is 2.57. The molecule has 1 aliphatic carbocycles. The number of carbonyl (C=O) groups excluding carboxylic acids is 1. The highest BCUT2D eigenvalue weighted by Crippen LogP contribution is 2.32. The largest absolute Gasteiger partial charge is 0.479 e. The normalized spacial score (nSPS) is 15.4. The fraction of sp³-hybridized carbons (Fsp3) is 0.412. The summed E-state index contributed by atoms with van der Waals surface area (Å²) in [6.45, 7) is 4.16. The molecule has 1 aliphatic rings. The maximum absolute atomic E-state index is 12.0. The third-order valence-electron chi connectivity index (χ3n) is 3.94. The maximum atomic E-state index is 12.0. The first kappa shape index (κ1) is 15.9. The Balaban J connectivity index is 1.79. The molecule has 1 N–H and O–H groups in total. The summed E-state index contributed by atoms with van der Waals surface area (Å²) in [6.07, 6.45) is 1.66. The smallest absolute Gasteiger partial charge is 0.336 e. The molecule has 1 aromatic carbocycles. The minimum absolute atomic E-state index is 0.182. The van der Waals surface area contributed by atoms with Crippen LogP contribution in [-0.2, 0) is 4.79 Å². The van der Waals surface area contributed by atoms with Crippen molar-refractivity contribution in [2.75, 3.05) is 6.54 Å². The Kier molecular flexibility index (Phi) is 4.31. The van der Waals surface area contributed by atoms with E-state index in [0.717, 1.165) is 10.9 Å². The zero-order chi connectivity index (χ0) is 16.6. The van der Waals surface area contributed by atoms with Gasteiger partial charge in [0.25, 0.3) is 5.91 Å². The molecule has 1 aromatic heterocycles. The predicted molar refractivity (Wildman–Crippen MR) is 88.1 cm³/mol. The molecule has 1 atom stereocenters. The molecule has 0 radical (unpaired) electrons. The highest BCUT2D eigenvalue weighted by molar-refractivity contribution is 6.32. The van der Waals surface area contributed by atoms with E-state index in [1.165, 1.54) is 18.9 Å². The van der Waals surface area contributed by atoms with Crippen LogP contribution in [0.1, 0.15) is 25.3 Å². The zero-order valence-electron chi connectivity index (χ0n) is 13.0. The molecule has 0 aliphatic heterocycles. The summed E-state index contributed by atoms with van der Waals surface area (Å²) in [5, 5.41) is 3.97. The number of halogens is 1. The van der Waals surface area contributed by atoms with Crippen LogP contribution in [0.15, 0.2) is 27.4 Å². The topological polar surface area (TPSA) is 68.5 Å². The molecule has 1 heterocycles. The second-order valence-electron chi connectivity index (χ2n) is 5.98. The lowest BCUT2D eigenvalue weighted by atomic mass is 10.1. The third-order valence-corrected chi connectivity index (χ3v) is 4.23. The second kappa shape index (κ2) is 6.24. The third kappa shape index (κ3) is 3.67. The number of hydrogen-bond donors (Lipinski definition) is 1. The number of aryl methyl sites for hydroxylation is 1. The Labute approximate surface area is 138 Å². The van der Waals surface area contributed by atoms with Crippen molar-refractivity contribution in [3.63, 3.8) is 0 Å². The molecule has 1 unspecified atom stereocenters. The van der Waals surface area contributed by atoms with Crippen LogP contribution < -0.4 is 15.7 Å². The number of rotatable bonds is 5. The minimum atomic E-state index is -0.680. The number of benzene rings is 1. The lowest BCUT2D eigenvalue weighted by Crippen LogP contribution is -2.37. The Morgan fingerprint density at radius 3 is 2.87 bits per heavy atom. The highest BCUT2D eigenvalue weighted by atomic mass is 35.5. The molecule has 6 heteroatoms. The maximum Gasteiger partial charge on any atom is 0.336 e. The Morgan fingerprint density at radius 2 is 2.17 bits per heavy atom. The molecule has 2 aromatic rings. The van der Waals surface area contributed by atoms with Gasteiger partial charge in [0.1, 0.15) is 11.3 Å². The van der Waals surface area contributed by atoms with Crippen LogP contribution in [0.5, 0.6) is 5.75 Å². The van der Waals surface area contributed by atoms with Gasteiger partial charge in [-0.3, -0.25) is 4.79 Å². The molecular weight excluding hydrogens is 318 g/mol. The Hall–Kier alpha value is -2.01. The summed E-state index contributed by atoms with van der Waals surface area (Å²) in [5.74, 6) is 0.744. The molecule has 5 nitrogen and oxygen atoms in total. The molecule has 0 saturated heterocycles. The van der Waals surface area contributed by atoms with Crippen LogP contribution in [0.4, 0.5) is 0 Å². The van der Waals surface area contributed by atoms with Crippen molar-refractivity contribution in [1.82, 2.24) is 5.32 Å². The van der Waals surface area contributed by atoms with Gasteiger partial charge in [-0.25, -0.2) is 4.79 Å². The molecule has 122 valence electrons. The quantitative estimate of drug-likeness (QED) is 0.853. The van der Waals surface area contributed by atoms with Gasteiger partial charge in [-0.2, -0.15) is 0 Å². The van der Waals surface area contributed by atoms with Gasteiger partial charge in [0.2, 0.25) is 0 Å². The molecule has 1 amide bonds. The first-order chi connectivity index (χ1) is 10.9. The van der Waals surface area contributed by atoms with Crippen LogP contribution >= 0.6 is 11.6 Å². The number of fused-ring (bicyclic) bond motifs is 1. The van der Waals surface area contributed by atoms with Gasteiger partial charge < -0.3 is 14.5 Å². The van der Waals surface area contributed by atoms with Gasteiger partial charge in [0.05, 0.1) is 5.02 Å². The van der Waals surface area contributed by atoms with E-state index in [-0.39, 0.29) is 5.91 Å². The monoisotopic (exact) mass is 335 g/mol. The van der Waals surface area contributed by atoms with E-state index in [0.29, 0.717) is 28.8 Å². The fourth-order valence-electron chi connectivity index (χ4n) is 2.36. The predicted octanol–water partition coefficient (Wildman–Crippen LogP) is 3.05. The van der Waals surface area contributed by atoms with Crippen LogP contribution in [0.25, 0.3) is 11.0 Å². The highest BCUT2D eigenvalue weighted by Gasteiger charge is 2.24. The summed E-state index contributed by atoms with van der Waals surface area (Å²) >= 11 is 6.22. The van der Waals surface area contributed by atoms with Crippen molar-refractivity contribution >= 4 is 28.5 Å². The van der Waals surface area contributed by atoms with Crippen molar-refractivity contribution < 1.29 is 13.9 Å². The van der Waals surface area contributed by atoms with E-state index in [1.807, 2.05) is 6.92 Å². The SMILES string of the molecule is Cc1cc(=O)oc2cc(OC(C)C(=O)NCC3CC3)c(Cl)cc12. The zero-order valence-corrected chi connectivity index (χ0v) is 13.8. The van der Waals surface area contributed by atoms with Crippen molar-refractivity contribution in [1.29, 1.82) is 0 Å². The first-order valence-electron chi connectivity index (χ1n) is 7.62.